The highest BCUT2D eigenvalue weighted by Gasteiger charge is 2.32. The van der Waals surface area contributed by atoms with Gasteiger partial charge in [-0.25, -0.2) is 4.99 Å². The lowest BCUT2D eigenvalue weighted by molar-refractivity contribution is 0.241. The lowest BCUT2D eigenvalue weighted by Gasteiger charge is -2.25. The highest BCUT2D eigenvalue weighted by Crippen LogP contribution is 2.44. The molecule has 1 aliphatic heterocycles. The van der Waals surface area contributed by atoms with Crippen molar-refractivity contribution in [1.29, 1.82) is 0 Å². The molecule has 0 aromatic heterocycles. The minimum atomic E-state index is -0.843. The van der Waals surface area contributed by atoms with Crippen molar-refractivity contribution in [3.63, 3.8) is 0 Å². The average Bonchev–Trinajstić information content (AvgIpc) is 3.60. The lowest BCUT2D eigenvalue weighted by Crippen LogP contribution is -2.23. The fourth-order valence-electron chi connectivity index (χ4n) is 7.31. The van der Waals surface area contributed by atoms with Crippen LogP contribution in [0.3, 0.4) is 0 Å². The van der Waals surface area contributed by atoms with Gasteiger partial charge in [0.2, 0.25) is 5.90 Å². The number of fused-ring (bicyclic) bond motifs is 2. The van der Waals surface area contributed by atoms with Crippen LogP contribution < -0.4 is 15.9 Å². The van der Waals surface area contributed by atoms with E-state index in [1.54, 1.807) is 0 Å². The fraction of sp³-hybridized carbons (Fsp3) is 0.195. The third-order valence-electron chi connectivity index (χ3n) is 9.45. The molecule has 2 nitrogen and oxygen atoms in total. The van der Waals surface area contributed by atoms with Gasteiger partial charge in [0, 0.05) is 11.1 Å². The van der Waals surface area contributed by atoms with Gasteiger partial charge in [0.1, 0.15) is 6.61 Å². The van der Waals surface area contributed by atoms with Crippen LogP contribution >= 0.6 is 7.92 Å². The van der Waals surface area contributed by atoms with Gasteiger partial charge in [0.05, 0.1) is 6.04 Å². The summed E-state index contributed by atoms with van der Waals surface area (Å²) in [4.78, 5) is 5.35. The van der Waals surface area contributed by atoms with Crippen LogP contribution in [0.4, 0.5) is 0 Å². The van der Waals surface area contributed by atoms with E-state index in [9.17, 15) is 0 Å². The average molecular weight is 590 g/mol. The summed E-state index contributed by atoms with van der Waals surface area (Å²) in [7, 11) is -0.843. The highest BCUT2D eigenvalue weighted by atomic mass is 31.1. The Balaban J connectivity index is 1.42. The summed E-state index contributed by atoms with van der Waals surface area (Å²) in [5, 5.41) is 9.04. The summed E-state index contributed by atoms with van der Waals surface area (Å²) < 4.78 is 6.55. The molecule has 0 unspecified atom stereocenters. The number of ether oxygens (including phenoxy) is 1. The zero-order valence-electron chi connectivity index (χ0n) is 24.9. The largest absolute Gasteiger partial charge is 0.475 e. The van der Waals surface area contributed by atoms with E-state index in [-0.39, 0.29) is 6.04 Å². The lowest BCUT2D eigenvalue weighted by atomic mass is 9.84. The maximum Gasteiger partial charge on any atom is 0.217 e. The van der Waals surface area contributed by atoms with Crippen LogP contribution in [0, 0.1) is 5.92 Å². The van der Waals surface area contributed by atoms with Crippen molar-refractivity contribution >= 4 is 51.3 Å². The van der Waals surface area contributed by atoms with E-state index in [1.807, 2.05) is 0 Å². The van der Waals surface area contributed by atoms with Crippen molar-refractivity contribution < 1.29 is 4.74 Å². The van der Waals surface area contributed by atoms with Gasteiger partial charge in [-0.05, 0) is 75.8 Å². The number of nitrogens with zero attached hydrogens (tertiary/aromatic N) is 1. The van der Waals surface area contributed by atoms with E-state index in [0.29, 0.717) is 12.5 Å². The van der Waals surface area contributed by atoms with Crippen molar-refractivity contribution in [2.24, 2.45) is 10.9 Å². The summed E-state index contributed by atoms with van der Waals surface area (Å²) in [6, 6.07) is 49.2. The number of aliphatic imine (C=N–C) groups is 1. The molecule has 216 valence electrons. The minimum Gasteiger partial charge on any atom is -0.475 e. The zero-order chi connectivity index (χ0) is 29.3. The van der Waals surface area contributed by atoms with Crippen molar-refractivity contribution in [2.45, 2.75) is 38.1 Å². The molecule has 6 aromatic rings. The minimum absolute atomic E-state index is 0.252. The molecule has 8 rings (SSSR count). The molecule has 6 aromatic carbocycles. The number of benzene rings is 6. The summed E-state index contributed by atoms with van der Waals surface area (Å²) in [5.41, 5.74) is 3.63. The van der Waals surface area contributed by atoms with Crippen molar-refractivity contribution in [2.75, 3.05) is 6.61 Å². The molecule has 3 heteroatoms. The Hall–Kier alpha value is -4.26. The summed E-state index contributed by atoms with van der Waals surface area (Å²) in [6.45, 7) is 0.690. The quantitative estimate of drug-likeness (QED) is 0.178. The maximum atomic E-state index is 6.55. The molecule has 1 heterocycles. The number of rotatable bonds is 6. The first-order valence-corrected chi connectivity index (χ1v) is 17.3. The molecule has 1 saturated carbocycles. The number of hydrogen-bond donors (Lipinski definition) is 0. The van der Waals surface area contributed by atoms with Gasteiger partial charge < -0.3 is 4.74 Å². The predicted octanol–water partition coefficient (Wildman–Crippen LogP) is 9.14. The van der Waals surface area contributed by atoms with Gasteiger partial charge in [-0.3, -0.25) is 0 Å². The molecule has 0 bridgehead atoms. The Labute approximate surface area is 261 Å². The summed E-state index contributed by atoms with van der Waals surface area (Å²) >= 11 is 0. The highest BCUT2D eigenvalue weighted by molar-refractivity contribution is 7.80. The van der Waals surface area contributed by atoms with E-state index in [4.69, 9.17) is 9.73 Å². The van der Waals surface area contributed by atoms with Crippen molar-refractivity contribution in [3.8, 4) is 11.1 Å². The number of hydrogen-bond acceptors (Lipinski definition) is 2. The Kier molecular flexibility index (Phi) is 7.46. The van der Waals surface area contributed by atoms with E-state index >= 15 is 0 Å². The first kappa shape index (κ1) is 27.3. The Morgan fingerprint density at radius 1 is 0.545 bits per heavy atom. The van der Waals surface area contributed by atoms with Crippen LogP contribution in [0.2, 0.25) is 0 Å². The Bertz CT molecular complexity index is 1920. The third-order valence-corrected chi connectivity index (χ3v) is 11.9. The van der Waals surface area contributed by atoms with Crippen molar-refractivity contribution in [1.82, 2.24) is 0 Å². The molecular weight excluding hydrogens is 553 g/mol. The van der Waals surface area contributed by atoms with Crippen molar-refractivity contribution in [3.05, 3.63) is 139 Å². The summed E-state index contributed by atoms with van der Waals surface area (Å²) in [5.74, 6) is 1.44. The van der Waals surface area contributed by atoms with Crippen LogP contribution in [0.25, 0.3) is 32.7 Å². The topological polar surface area (TPSA) is 21.6 Å². The van der Waals surface area contributed by atoms with Gasteiger partial charge >= 0.3 is 0 Å². The zero-order valence-corrected chi connectivity index (χ0v) is 25.8. The molecule has 44 heavy (non-hydrogen) atoms. The van der Waals surface area contributed by atoms with E-state index in [1.165, 1.54) is 80.7 Å². The molecule has 2 aliphatic rings. The van der Waals surface area contributed by atoms with Crippen LogP contribution in [0.15, 0.2) is 138 Å². The SMILES string of the molecule is c1ccc(P(c2ccccc2)c2ccc3ccccc3c2-c2c(C3=N[C@@H](C4CCCCC4)CO3)ccc3ccccc23)cc1. The molecule has 1 atom stereocenters. The molecule has 0 radical (unpaired) electrons. The van der Waals surface area contributed by atoms with Gasteiger partial charge in [0.15, 0.2) is 0 Å². The first-order valence-electron chi connectivity index (χ1n) is 16.0. The van der Waals surface area contributed by atoms with Gasteiger partial charge in [-0.2, -0.15) is 0 Å². The first-order chi connectivity index (χ1) is 21.8. The maximum absolute atomic E-state index is 6.55. The molecule has 0 amide bonds. The van der Waals surface area contributed by atoms with Gasteiger partial charge in [-0.15, -0.1) is 0 Å². The van der Waals surface area contributed by atoms with E-state index in [0.717, 1.165) is 11.5 Å². The second kappa shape index (κ2) is 12.0. The van der Waals surface area contributed by atoms with Crippen LogP contribution in [-0.2, 0) is 4.74 Å². The van der Waals surface area contributed by atoms with E-state index < -0.39 is 7.92 Å². The predicted molar refractivity (Wildman–Crippen MR) is 188 cm³/mol. The second-order valence-electron chi connectivity index (χ2n) is 12.1. The van der Waals surface area contributed by atoms with Crippen LogP contribution in [0.5, 0.6) is 0 Å². The fourth-order valence-corrected chi connectivity index (χ4v) is 9.78. The van der Waals surface area contributed by atoms with Gasteiger partial charge in [-0.1, -0.05) is 147 Å². The second-order valence-corrected chi connectivity index (χ2v) is 14.3. The Morgan fingerprint density at radius 3 is 1.77 bits per heavy atom. The standard InChI is InChI=1S/C41H36NOP/c1-4-16-31(17-5-1)37-28-43-41(42-37)36-26-24-29-14-10-12-22-34(29)39(36)40-35-23-13-11-15-30(35)25-27-38(40)44(32-18-6-2-7-19-32)33-20-8-3-9-21-33/h2-3,6-15,18-27,31,37H,1,4-5,16-17,28H2/t37-/m1/s1. The summed E-state index contributed by atoms with van der Waals surface area (Å²) in [6.07, 6.45) is 6.51. The normalized spacial score (nSPS) is 17.2. The van der Waals surface area contributed by atoms with Crippen LogP contribution in [-0.4, -0.2) is 18.5 Å². The monoisotopic (exact) mass is 589 g/mol. The molecule has 0 saturated heterocycles. The smallest absolute Gasteiger partial charge is 0.217 e. The Morgan fingerprint density at radius 2 is 1.11 bits per heavy atom. The van der Waals surface area contributed by atoms with E-state index in [2.05, 4.69) is 133 Å². The molecule has 0 spiro atoms. The van der Waals surface area contributed by atoms with Gasteiger partial charge in [0.25, 0.3) is 0 Å². The molecular formula is C41H36NOP. The van der Waals surface area contributed by atoms with Crippen LogP contribution in [0.1, 0.15) is 37.7 Å². The molecule has 1 fully saturated rings. The third kappa shape index (κ3) is 5.02. The molecule has 1 aliphatic carbocycles. The molecule has 0 N–H and O–H groups in total.